The third-order valence-corrected chi connectivity index (χ3v) is 5.17. The summed E-state index contributed by atoms with van der Waals surface area (Å²) in [6.45, 7) is 6.82. The summed E-state index contributed by atoms with van der Waals surface area (Å²) in [5, 5.41) is 2.94. The van der Waals surface area contributed by atoms with Crippen molar-refractivity contribution in [1.29, 1.82) is 0 Å². The summed E-state index contributed by atoms with van der Waals surface area (Å²) in [5.41, 5.74) is 9.23. The molecule has 164 valence electrons. The molecule has 8 heteroatoms. The summed E-state index contributed by atoms with van der Waals surface area (Å²) in [4.78, 5) is 17.2. The average molecular weight is 453 g/mol. The lowest BCUT2D eigenvalue weighted by atomic mass is 9.94. The summed E-state index contributed by atoms with van der Waals surface area (Å²) in [5.74, 6) is 0.349. The summed E-state index contributed by atoms with van der Waals surface area (Å²) < 4.78 is 7.90. The van der Waals surface area contributed by atoms with Crippen molar-refractivity contribution in [3.8, 4) is 5.75 Å². The standard InChI is InChI=1S/C22H28N4O2.2ClH/c1-4-22(23,5-2)15-24-21(27)18-8-6-7-9-19(18)28-14-17-13-26-12-16(3)10-11-20(26)25-17;;/h6-13H,4-5,14-15,23H2,1-3H3,(H,24,27);2*1H. The van der Waals surface area contributed by atoms with Crippen molar-refractivity contribution in [2.45, 2.75) is 45.8 Å². The van der Waals surface area contributed by atoms with Crippen LogP contribution in [0, 0.1) is 6.92 Å². The van der Waals surface area contributed by atoms with E-state index in [1.807, 2.05) is 61.8 Å². The Bertz CT molecular complexity index is 971. The second kappa shape index (κ2) is 11.2. The molecule has 0 aliphatic carbocycles. The molecule has 3 N–H and O–H groups in total. The van der Waals surface area contributed by atoms with E-state index in [-0.39, 0.29) is 42.9 Å². The smallest absolute Gasteiger partial charge is 0.255 e. The molecular weight excluding hydrogens is 423 g/mol. The number of pyridine rings is 1. The van der Waals surface area contributed by atoms with Gasteiger partial charge < -0.3 is 20.2 Å². The predicted octanol–water partition coefficient (Wildman–Crippen LogP) is 4.31. The van der Waals surface area contributed by atoms with E-state index in [1.165, 1.54) is 0 Å². The number of nitrogens with two attached hydrogens (primary N) is 1. The van der Waals surface area contributed by atoms with Gasteiger partial charge in [-0.2, -0.15) is 0 Å². The van der Waals surface area contributed by atoms with Gasteiger partial charge >= 0.3 is 0 Å². The molecule has 0 spiro atoms. The van der Waals surface area contributed by atoms with E-state index in [2.05, 4.69) is 10.3 Å². The van der Waals surface area contributed by atoms with Crippen molar-refractivity contribution in [2.24, 2.45) is 5.73 Å². The zero-order chi connectivity index (χ0) is 20.1. The number of hydrogen-bond donors (Lipinski definition) is 2. The van der Waals surface area contributed by atoms with Gasteiger partial charge in [0.1, 0.15) is 18.0 Å². The highest BCUT2D eigenvalue weighted by Crippen LogP contribution is 2.20. The second-order valence-electron chi connectivity index (χ2n) is 7.24. The summed E-state index contributed by atoms with van der Waals surface area (Å²) in [6.07, 6.45) is 5.56. The van der Waals surface area contributed by atoms with E-state index in [4.69, 9.17) is 10.5 Å². The lowest BCUT2D eigenvalue weighted by Crippen LogP contribution is -2.49. The zero-order valence-corrected chi connectivity index (χ0v) is 19.2. The van der Waals surface area contributed by atoms with Crippen molar-refractivity contribution in [2.75, 3.05) is 6.54 Å². The van der Waals surface area contributed by atoms with Crippen molar-refractivity contribution in [3.05, 3.63) is 65.6 Å². The Hall–Kier alpha value is -2.28. The molecule has 2 aromatic heterocycles. The lowest BCUT2D eigenvalue weighted by Gasteiger charge is -2.27. The van der Waals surface area contributed by atoms with E-state index >= 15 is 0 Å². The minimum Gasteiger partial charge on any atom is -0.486 e. The number of aromatic nitrogens is 2. The van der Waals surface area contributed by atoms with Crippen molar-refractivity contribution in [3.63, 3.8) is 0 Å². The number of nitrogens with one attached hydrogen (secondary N) is 1. The molecular formula is C22H30Cl2N4O2. The maximum Gasteiger partial charge on any atom is 0.255 e. The number of ether oxygens (including phenoxy) is 1. The van der Waals surface area contributed by atoms with Gasteiger partial charge in [0, 0.05) is 24.5 Å². The minimum atomic E-state index is -0.389. The Kier molecular flexibility index (Phi) is 9.62. The number of para-hydroxylation sites is 1. The van der Waals surface area contributed by atoms with Gasteiger partial charge in [0.15, 0.2) is 0 Å². The second-order valence-corrected chi connectivity index (χ2v) is 7.24. The Morgan fingerprint density at radius 1 is 1.13 bits per heavy atom. The topological polar surface area (TPSA) is 81.6 Å². The van der Waals surface area contributed by atoms with Crippen molar-refractivity contribution < 1.29 is 9.53 Å². The minimum absolute atomic E-state index is 0. The first-order valence-electron chi connectivity index (χ1n) is 9.67. The maximum absolute atomic E-state index is 12.7. The van der Waals surface area contributed by atoms with Crippen molar-refractivity contribution in [1.82, 2.24) is 14.7 Å². The molecule has 1 aromatic carbocycles. The van der Waals surface area contributed by atoms with Crippen LogP contribution < -0.4 is 15.8 Å². The van der Waals surface area contributed by atoms with E-state index in [0.29, 0.717) is 17.9 Å². The molecule has 0 radical (unpaired) electrons. The fraction of sp³-hybridized carbons (Fsp3) is 0.364. The molecule has 0 aliphatic heterocycles. The van der Waals surface area contributed by atoms with Gasteiger partial charge in [-0.3, -0.25) is 4.79 Å². The van der Waals surface area contributed by atoms with Crippen LogP contribution in [0.15, 0.2) is 48.8 Å². The van der Waals surface area contributed by atoms with Crippen LogP contribution in [0.1, 0.15) is 48.3 Å². The first kappa shape index (κ1) is 25.8. The highest BCUT2D eigenvalue weighted by atomic mass is 35.5. The molecule has 0 saturated carbocycles. The first-order valence-corrected chi connectivity index (χ1v) is 9.67. The van der Waals surface area contributed by atoms with E-state index < -0.39 is 0 Å². The van der Waals surface area contributed by atoms with Crippen LogP contribution in [-0.2, 0) is 6.61 Å². The van der Waals surface area contributed by atoms with Crippen LogP contribution in [0.4, 0.5) is 0 Å². The van der Waals surface area contributed by atoms with Gasteiger partial charge in [-0.15, -0.1) is 24.8 Å². The molecule has 3 rings (SSSR count). The Morgan fingerprint density at radius 2 is 1.83 bits per heavy atom. The summed E-state index contributed by atoms with van der Waals surface area (Å²) in [7, 11) is 0. The summed E-state index contributed by atoms with van der Waals surface area (Å²) >= 11 is 0. The molecule has 6 nitrogen and oxygen atoms in total. The molecule has 0 aliphatic rings. The van der Waals surface area contributed by atoms with Crippen LogP contribution >= 0.6 is 24.8 Å². The van der Waals surface area contributed by atoms with Crippen LogP contribution in [0.3, 0.4) is 0 Å². The highest BCUT2D eigenvalue weighted by Gasteiger charge is 2.22. The quantitative estimate of drug-likeness (QED) is 0.533. The number of hydrogen-bond acceptors (Lipinski definition) is 4. The normalized spacial score (nSPS) is 10.8. The number of benzene rings is 1. The van der Waals surface area contributed by atoms with Gasteiger partial charge in [-0.1, -0.05) is 32.0 Å². The fourth-order valence-electron chi connectivity index (χ4n) is 3.01. The Balaban J connectivity index is 0.00000225. The number of amides is 1. The molecule has 0 fully saturated rings. The zero-order valence-electron chi connectivity index (χ0n) is 17.6. The SMILES string of the molecule is CCC(N)(CC)CNC(=O)c1ccccc1OCc1cn2cc(C)ccc2n1.Cl.Cl. The molecule has 1 amide bonds. The number of carbonyl (C=O) groups is 1. The van der Waals surface area contributed by atoms with Gasteiger partial charge in [0.2, 0.25) is 0 Å². The number of imidazole rings is 1. The van der Waals surface area contributed by atoms with E-state index in [0.717, 1.165) is 29.7 Å². The van der Waals surface area contributed by atoms with Crippen LogP contribution in [0.25, 0.3) is 5.65 Å². The number of fused-ring (bicyclic) bond motifs is 1. The van der Waals surface area contributed by atoms with Crippen LogP contribution in [0.5, 0.6) is 5.75 Å². The maximum atomic E-state index is 12.7. The molecule has 30 heavy (non-hydrogen) atoms. The van der Waals surface area contributed by atoms with Crippen LogP contribution in [0.2, 0.25) is 0 Å². The molecule has 0 bridgehead atoms. The third kappa shape index (κ3) is 6.11. The third-order valence-electron chi connectivity index (χ3n) is 5.17. The van der Waals surface area contributed by atoms with Gasteiger partial charge in [0.05, 0.1) is 11.3 Å². The average Bonchev–Trinajstić information content (AvgIpc) is 3.12. The van der Waals surface area contributed by atoms with Gasteiger partial charge in [-0.05, 0) is 43.5 Å². The predicted molar refractivity (Wildman–Crippen MR) is 125 cm³/mol. The monoisotopic (exact) mass is 452 g/mol. The van der Waals surface area contributed by atoms with Gasteiger partial charge in [-0.25, -0.2) is 4.98 Å². The van der Waals surface area contributed by atoms with Crippen molar-refractivity contribution >= 4 is 36.4 Å². The number of rotatable bonds is 8. The molecule has 2 heterocycles. The number of carbonyl (C=O) groups excluding carboxylic acids is 1. The van der Waals surface area contributed by atoms with Crippen LogP contribution in [-0.4, -0.2) is 27.4 Å². The molecule has 0 saturated heterocycles. The molecule has 0 atom stereocenters. The highest BCUT2D eigenvalue weighted by molar-refractivity contribution is 5.96. The summed E-state index contributed by atoms with van der Waals surface area (Å²) in [6, 6.07) is 11.2. The Labute approximate surface area is 190 Å². The first-order chi connectivity index (χ1) is 13.4. The number of nitrogens with zero attached hydrogens (tertiary/aromatic N) is 2. The molecule has 3 aromatic rings. The van der Waals surface area contributed by atoms with E-state index in [9.17, 15) is 4.79 Å². The molecule has 0 unspecified atom stereocenters. The number of halogens is 2. The largest absolute Gasteiger partial charge is 0.486 e. The lowest BCUT2D eigenvalue weighted by molar-refractivity contribution is 0.0937. The fourth-order valence-corrected chi connectivity index (χ4v) is 3.01. The van der Waals surface area contributed by atoms with E-state index in [1.54, 1.807) is 12.1 Å². The Morgan fingerprint density at radius 3 is 2.53 bits per heavy atom. The number of aryl methyl sites for hydroxylation is 1. The van der Waals surface area contributed by atoms with Gasteiger partial charge in [0.25, 0.3) is 5.91 Å².